The number of aromatic nitrogens is 1. The number of rotatable bonds is 12. The fourth-order valence-corrected chi connectivity index (χ4v) is 2.25. The van der Waals surface area contributed by atoms with Crippen LogP contribution in [0.1, 0.15) is 51.6 Å². The lowest BCUT2D eigenvalue weighted by molar-refractivity contribution is 0.261. The molecule has 1 rings (SSSR count). The van der Waals surface area contributed by atoms with Gasteiger partial charge in [0.1, 0.15) is 0 Å². The van der Waals surface area contributed by atoms with Gasteiger partial charge in [-0.05, 0) is 57.6 Å². The molecule has 5 heteroatoms. The summed E-state index contributed by atoms with van der Waals surface area (Å²) in [5.74, 6) is 0. The summed E-state index contributed by atoms with van der Waals surface area (Å²) in [5, 5.41) is 3.48. The zero-order valence-electron chi connectivity index (χ0n) is 14.1. The van der Waals surface area contributed by atoms with Gasteiger partial charge in [0.25, 0.3) is 0 Å². The summed E-state index contributed by atoms with van der Waals surface area (Å²) in [7, 11) is 0. The van der Waals surface area contributed by atoms with Crippen LogP contribution >= 0.6 is 24.8 Å². The van der Waals surface area contributed by atoms with Crippen molar-refractivity contribution in [2.45, 2.75) is 52.5 Å². The molecule has 130 valence electrons. The predicted molar refractivity (Wildman–Crippen MR) is 101 cm³/mol. The van der Waals surface area contributed by atoms with Gasteiger partial charge in [-0.15, -0.1) is 24.8 Å². The van der Waals surface area contributed by atoms with Crippen molar-refractivity contribution in [2.24, 2.45) is 0 Å². The van der Waals surface area contributed by atoms with E-state index in [1.54, 1.807) is 0 Å². The van der Waals surface area contributed by atoms with Crippen LogP contribution < -0.4 is 5.32 Å². The SMILES string of the molecule is CCCCN(CCCC)CCCNCc1ccccn1.Cl.Cl. The van der Waals surface area contributed by atoms with E-state index in [1.165, 1.54) is 51.7 Å². The standard InChI is InChI=1S/C17H31N3.2ClH/c1-3-5-13-20(14-6-4-2)15-9-11-18-16-17-10-7-8-12-19-17;;/h7-8,10,12,18H,3-6,9,11,13-16H2,1-2H3;2*1H. The van der Waals surface area contributed by atoms with E-state index in [4.69, 9.17) is 0 Å². The van der Waals surface area contributed by atoms with Crippen molar-refractivity contribution in [3.05, 3.63) is 30.1 Å². The highest BCUT2D eigenvalue weighted by molar-refractivity contribution is 5.85. The number of unbranched alkanes of at least 4 members (excludes halogenated alkanes) is 2. The van der Waals surface area contributed by atoms with Gasteiger partial charge in [-0.1, -0.05) is 32.8 Å². The molecular formula is C17H33Cl2N3. The van der Waals surface area contributed by atoms with Crippen LogP contribution in [-0.2, 0) is 6.54 Å². The van der Waals surface area contributed by atoms with Crippen molar-refractivity contribution in [1.82, 2.24) is 15.2 Å². The molecule has 0 aliphatic carbocycles. The van der Waals surface area contributed by atoms with E-state index in [9.17, 15) is 0 Å². The normalized spacial score (nSPS) is 10.1. The van der Waals surface area contributed by atoms with E-state index in [2.05, 4.69) is 35.1 Å². The van der Waals surface area contributed by atoms with E-state index in [-0.39, 0.29) is 24.8 Å². The molecule has 1 N–H and O–H groups in total. The lowest BCUT2D eigenvalue weighted by atomic mass is 10.2. The van der Waals surface area contributed by atoms with Gasteiger partial charge in [-0.2, -0.15) is 0 Å². The molecule has 1 heterocycles. The molecule has 1 aromatic heterocycles. The van der Waals surface area contributed by atoms with Gasteiger partial charge in [-0.25, -0.2) is 0 Å². The summed E-state index contributed by atoms with van der Waals surface area (Å²) in [4.78, 5) is 6.94. The van der Waals surface area contributed by atoms with Crippen LogP contribution in [0.15, 0.2) is 24.4 Å². The summed E-state index contributed by atoms with van der Waals surface area (Å²) >= 11 is 0. The minimum atomic E-state index is 0. The van der Waals surface area contributed by atoms with E-state index < -0.39 is 0 Å². The minimum Gasteiger partial charge on any atom is -0.311 e. The van der Waals surface area contributed by atoms with E-state index in [0.29, 0.717) is 0 Å². The third-order valence-corrected chi connectivity index (χ3v) is 3.52. The van der Waals surface area contributed by atoms with Crippen molar-refractivity contribution < 1.29 is 0 Å². The molecule has 0 bridgehead atoms. The van der Waals surface area contributed by atoms with Crippen LogP contribution in [0.3, 0.4) is 0 Å². The van der Waals surface area contributed by atoms with Crippen LogP contribution in [0, 0.1) is 0 Å². The molecule has 0 fully saturated rings. The Labute approximate surface area is 149 Å². The molecule has 3 nitrogen and oxygen atoms in total. The Morgan fingerprint density at radius 1 is 0.955 bits per heavy atom. The molecule has 0 aliphatic rings. The van der Waals surface area contributed by atoms with Crippen molar-refractivity contribution in [2.75, 3.05) is 26.2 Å². The first kappa shape index (κ1) is 23.9. The Balaban J connectivity index is 0. The van der Waals surface area contributed by atoms with Gasteiger partial charge < -0.3 is 10.2 Å². The number of nitrogens with one attached hydrogen (secondary N) is 1. The summed E-state index contributed by atoms with van der Waals surface area (Å²) in [5.41, 5.74) is 1.13. The van der Waals surface area contributed by atoms with Crippen LogP contribution in [-0.4, -0.2) is 36.1 Å². The van der Waals surface area contributed by atoms with E-state index in [0.717, 1.165) is 18.8 Å². The van der Waals surface area contributed by atoms with E-state index >= 15 is 0 Å². The first-order chi connectivity index (χ1) is 9.86. The Kier molecular flexibility index (Phi) is 18.5. The van der Waals surface area contributed by atoms with Gasteiger partial charge in [0.15, 0.2) is 0 Å². The smallest absolute Gasteiger partial charge is 0.0541 e. The second-order valence-electron chi connectivity index (χ2n) is 5.40. The molecule has 0 saturated carbocycles. The second kappa shape index (κ2) is 17.0. The molecule has 0 spiro atoms. The predicted octanol–water partition coefficient (Wildman–Crippen LogP) is 4.31. The molecule has 0 aromatic carbocycles. The zero-order chi connectivity index (χ0) is 14.5. The lowest BCUT2D eigenvalue weighted by Gasteiger charge is -2.21. The van der Waals surface area contributed by atoms with Crippen LogP contribution in [0.4, 0.5) is 0 Å². The van der Waals surface area contributed by atoms with Crippen molar-refractivity contribution in [3.63, 3.8) is 0 Å². The Morgan fingerprint density at radius 2 is 1.59 bits per heavy atom. The highest BCUT2D eigenvalue weighted by Crippen LogP contribution is 2.00. The number of hydrogen-bond acceptors (Lipinski definition) is 3. The molecule has 0 aliphatic heterocycles. The third kappa shape index (κ3) is 12.2. The Bertz CT molecular complexity index is 315. The number of hydrogen-bond donors (Lipinski definition) is 1. The van der Waals surface area contributed by atoms with Gasteiger partial charge in [-0.3, -0.25) is 4.98 Å². The molecular weight excluding hydrogens is 317 g/mol. The first-order valence-electron chi connectivity index (χ1n) is 8.19. The fourth-order valence-electron chi connectivity index (χ4n) is 2.25. The monoisotopic (exact) mass is 349 g/mol. The Morgan fingerprint density at radius 3 is 2.14 bits per heavy atom. The maximum Gasteiger partial charge on any atom is 0.0541 e. The zero-order valence-corrected chi connectivity index (χ0v) is 15.7. The lowest BCUT2D eigenvalue weighted by Crippen LogP contribution is -2.29. The Hall–Kier alpha value is -0.350. The highest BCUT2D eigenvalue weighted by atomic mass is 35.5. The minimum absolute atomic E-state index is 0. The van der Waals surface area contributed by atoms with Crippen LogP contribution in [0.2, 0.25) is 0 Å². The molecule has 0 saturated heterocycles. The largest absolute Gasteiger partial charge is 0.311 e. The number of halogens is 2. The van der Waals surface area contributed by atoms with Gasteiger partial charge >= 0.3 is 0 Å². The van der Waals surface area contributed by atoms with Crippen molar-refractivity contribution in [3.8, 4) is 0 Å². The van der Waals surface area contributed by atoms with Gasteiger partial charge in [0.2, 0.25) is 0 Å². The average molecular weight is 350 g/mol. The third-order valence-electron chi connectivity index (χ3n) is 3.52. The topological polar surface area (TPSA) is 28.2 Å². The van der Waals surface area contributed by atoms with Crippen molar-refractivity contribution in [1.29, 1.82) is 0 Å². The van der Waals surface area contributed by atoms with Crippen LogP contribution in [0.5, 0.6) is 0 Å². The quantitative estimate of drug-likeness (QED) is 0.570. The molecule has 0 amide bonds. The molecule has 0 radical (unpaired) electrons. The molecule has 0 atom stereocenters. The maximum absolute atomic E-state index is 4.32. The average Bonchev–Trinajstić information content (AvgIpc) is 2.50. The number of nitrogens with zero attached hydrogens (tertiary/aromatic N) is 2. The summed E-state index contributed by atoms with van der Waals surface area (Å²) in [6.45, 7) is 10.2. The van der Waals surface area contributed by atoms with Crippen molar-refractivity contribution >= 4 is 24.8 Å². The highest BCUT2D eigenvalue weighted by Gasteiger charge is 2.03. The molecule has 1 aromatic rings. The molecule has 0 unspecified atom stereocenters. The first-order valence-corrected chi connectivity index (χ1v) is 8.19. The van der Waals surface area contributed by atoms with Gasteiger partial charge in [0, 0.05) is 12.7 Å². The van der Waals surface area contributed by atoms with E-state index in [1.807, 2.05) is 18.3 Å². The molecule has 22 heavy (non-hydrogen) atoms. The summed E-state index contributed by atoms with van der Waals surface area (Å²) in [6, 6.07) is 6.08. The maximum atomic E-state index is 4.32. The number of pyridine rings is 1. The second-order valence-corrected chi connectivity index (χ2v) is 5.40. The summed E-state index contributed by atoms with van der Waals surface area (Å²) < 4.78 is 0. The summed E-state index contributed by atoms with van der Waals surface area (Å²) in [6.07, 6.45) is 8.31. The fraction of sp³-hybridized carbons (Fsp3) is 0.706. The van der Waals surface area contributed by atoms with Crippen LogP contribution in [0.25, 0.3) is 0 Å². The van der Waals surface area contributed by atoms with Gasteiger partial charge in [0.05, 0.1) is 5.69 Å².